The Hall–Kier alpha value is -3.82. The quantitative estimate of drug-likeness (QED) is 0.198. The topological polar surface area (TPSA) is 149 Å². The Morgan fingerprint density at radius 2 is 1.03 bits per heavy atom. The van der Waals surface area contributed by atoms with Gasteiger partial charge in [0.05, 0.1) is 6.61 Å². The number of rotatable bonds is 10. The minimum atomic E-state index is -3.78. The van der Waals surface area contributed by atoms with Gasteiger partial charge < -0.3 is 20.4 Å². The van der Waals surface area contributed by atoms with E-state index in [0.717, 1.165) is 0 Å². The highest BCUT2D eigenvalue weighted by Gasteiger charge is 2.68. The molecule has 0 unspecified atom stereocenters. The summed E-state index contributed by atoms with van der Waals surface area (Å²) in [5.74, 6) is -6.15. The van der Waals surface area contributed by atoms with Gasteiger partial charge in [-0.1, -0.05) is 91.0 Å². The highest BCUT2D eigenvalue weighted by atomic mass is 16.4. The molecule has 0 aliphatic carbocycles. The molecule has 34 heavy (non-hydrogen) atoms. The summed E-state index contributed by atoms with van der Waals surface area (Å²) in [6.45, 7) is -1.31. The van der Waals surface area contributed by atoms with E-state index in [1.807, 2.05) is 0 Å². The maximum atomic E-state index is 13.5. The lowest BCUT2D eigenvalue weighted by molar-refractivity contribution is -0.171. The zero-order valence-corrected chi connectivity index (χ0v) is 17.9. The Kier molecular flexibility index (Phi) is 7.29. The molecule has 3 rings (SSSR count). The molecule has 0 spiro atoms. The molecule has 3 aromatic carbocycles. The van der Waals surface area contributed by atoms with Gasteiger partial charge in [-0.2, -0.15) is 0 Å². The number of aliphatic hydroxyl groups excluding tert-OH is 2. The lowest BCUT2D eigenvalue weighted by atomic mass is 9.67. The van der Waals surface area contributed by atoms with E-state index in [2.05, 4.69) is 0 Å². The Bertz CT molecular complexity index is 1190. The molecule has 174 valence electrons. The van der Waals surface area contributed by atoms with Crippen LogP contribution in [-0.4, -0.2) is 67.5 Å². The number of carbonyl (C=O) groups is 4. The van der Waals surface area contributed by atoms with Crippen LogP contribution in [-0.2, 0) is 4.79 Å². The third-order valence-electron chi connectivity index (χ3n) is 5.52. The van der Waals surface area contributed by atoms with Crippen LogP contribution in [0.15, 0.2) is 91.0 Å². The van der Waals surface area contributed by atoms with Gasteiger partial charge in [0.15, 0.2) is 5.60 Å². The maximum absolute atomic E-state index is 13.5. The third kappa shape index (κ3) is 4.11. The van der Waals surface area contributed by atoms with E-state index in [1.165, 1.54) is 78.9 Å². The van der Waals surface area contributed by atoms with Gasteiger partial charge in [0.1, 0.15) is 6.10 Å². The summed E-state index contributed by atoms with van der Waals surface area (Å²) in [7, 11) is 0. The van der Waals surface area contributed by atoms with Crippen LogP contribution in [0.1, 0.15) is 31.1 Å². The SMILES string of the molecule is O=C(C(=O)[C@](O)(C(=O)c1ccccc1)[C@](O)(C(=O)c1ccccc1)[C@@H](O)CO)c1ccccc1. The number of benzene rings is 3. The fourth-order valence-electron chi connectivity index (χ4n) is 3.63. The van der Waals surface area contributed by atoms with E-state index in [9.17, 15) is 39.6 Å². The third-order valence-corrected chi connectivity index (χ3v) is 5.52. The molecule has 0 aliphatic rings. The predicted octanol–water partition coefficient (Wildman–Crippen LogP) is 1.02. The summed E-state index contributed by atoms with van der Waals surface area (Å²) in [6.07, 6.45) is -2.51. The van der Waals surface area contributed by atoms with Crippen LogP contribution in [0.3, 0.4) is 0 Å². The van der Waals surface area contributed by atoms with Gasteiger partial charge in [0, 0.05) is 16.7 Å². The molecule has 0 saturated carbocycles. The molecule has 3 aromatic rings. The van der Waals surface area contributed by atoms with Crippen LogP contribution < -0.4 is 0 Å². The molecule has 4 N–H and O–H groups in total. The van der Waals surface area contributed by atoms with Gasteiger partial charge in [0.2, 0.25) is 28.7 Å². The van der Waals surface area contributed by atoms with E-state index in [0.29, 0.717) is 0 Å². The molecular weight excluding hydrogens is 440 g/mol. The highest BCUT2D eigenvalue weighted by molar-refractivity contribution is 6.52. The van der Waals surface area contributed by atoms with E-state index in [-0.39, 0.29) is 16.7 Å². The molecule has 0 saturated heterocycles. The van der Waals surface area contributed by atoms with Crippen molar-refractivity contribution in [3.05, 3.63) is 108 Å². The summed E-state index contributed by atoms with van der Waals surface area (Å²) in [5, 5.41) is 43.3. The van der Waals surface area contributed by atoms with Crippen LogP contribution >= 0.6 is 0 Å². The van der Waals surface area contributed by atoms with Crippen molar-refractivity contribution in [2.24, 2.45) is 0 Å². The highest BCUT2D eigenvalue weighted by Crippen LogP contribution is 2.35. The van der Waals surface area contributed by atoms with Gasteiger partial charge in [-0.05, 0) is 0 Å². The first-order valence-electron chi connectivity index (χ1n) is 10.3. The molecule has 0 aromatic heterocycles. The molecular formula is C26H22O8. The molecule has 8 heteroatoms. The average molecular weight is 462 g/mol. The van der Waals surface area contributed by atoms with Crippen molar-refractivity contribution in [1.29, 1.82) is 0 Å². The predicted molar refractivity (Wildman–Crippen MR) is 120 cm³/mol. The molecule has 0 fully saturated rings. The zero-order chi connectivity index (χ0) is 24.9. The van der Waals surface area contributed by atoms with Gasteiger partial charge >= 0.3 is 0 Å². The van der Waals surface area contributed by atoms with Crippen molar-refractivity contribution in [1.82, 2.24) is 0 Å². The van der Waals surface area contributed by atoms with Crippen molar-refractivity contribution in [2.75, 3.05) is 6.61 Å². The van der Waals surface area contributed by atoms with E-state index in [1.54, 1.807) is 12.1 Å². The smallest absolute Gasteiger partial charge is 0.246 e. The number of hydrogen-bond acceptors (Lipinski definition) is 8. The van der Waals surface area contributed by atoms with Crippen molar-refractivity contribution < 1.29 is 39.6 Å². The average Bonchev–Trinajstić information content (AvgIpc) is 2.91. The Labute approximate surface area is 194 Å². The summed E-state index contributed by atoms with van der Waals surface area (Å²) in [6, 6.07) is 20.5. The van der Waals surface area contributed by atoms with Crippen molar-refractivity contribution >= 4 is 23.1 Å². The first kappa shape index (κ1) is 24.8. The fraction of sp³-hybridized carbons (Fsp3) is 0.154. The molecule has 0 bridgehead atoms. The number of ketones is 4. The van der Waals surface area contributed by atoms with Gasteiger partial charge in [-0.25, -0.2) is 0 Å². The monoisotopic (exact) mass is 462 g/mol. The largest absolute Gasteiger partial charge is 0.394 e. The van der Waals surface area contributed by atoms with Gasteiger partial charge in [0.25, 0.3) is 0 Å². The Balaban J connectivity index is 2.29. The van der Waals surface area contributed by atoms with Crippen LogP contribution in [0.25, 0.3) is 0 Å². The summed E-state index contributed by atoms with van der Waals surface area (Å²) in [4.78, 5) is 53.4. The number of aliphatic hydroxyl groups is 4. The lowest BCUT2D eigenvalue weighted by Gasteiger charge is -2.41. The first-order chi connectivity index (χ1) is 16.2. The number of Topliss-reactive ketones (excluding diaryl/α,β-unsaturated/α-hetero) is 4. The van der Waals surface area contributed by atoms with Gasteiger partial charge in [-0.3, -0.25) is 19.2 Å². The van der Waals surface area contributed by atoms with Crippen molar-refractivity contribution in [3.63, 3.8) is 0 Å². The van der Waals surface area contributed by atoms with E-state index < -0.39 is 47.0 Å². The molecule has 8 nitrogen and oxygen atoms in total. The van der Waals surface area contributed by atoms with Crippen LogP contribution in [0.5, 0.6) is 0 Å². The minimum Gasteiger partial charge on any atom is -0.394 e. The normalized spacial score (nSPS) is 15.4. The zero-order valence-electron chi connectivity index (χ0n) is 17.9. The standard InChI is InChI=1S/C26H22O8/c27-16-20(28)25(33,22(30)18-12-6-2-7-13-18)26(34,23(31)19-14-8-3-9-15-19)24(32)21(29)17-10-4-1-5-11-17/h1-15,20,27-28,33-34H,16H2/t20-,25+,26+/m0/s1. The molecule has 0 aliphatic heterocycles. The van der Waals surface area contributed by atoms with Crippen molar-refractivity contribution in [2.45, 2.75) is 17.3 Å². The van der Waals surface area contributed by atoms with Crippen LogP contribution in [0, 0.1) is 0 Å². The second kappa shape index (κ2) is 9.98. The summed E-state index contributed by atoms with van der Waals surface area (Å²) >= 11 is 0. The number of hydrogen-bond donors (Lipinski definition) is 4. The second-order valence-corrected chi connectivity index (χ2v) is 7.59. The number of carbonyl (C=O) groups excluding carboxylic acids is 4. The molecule has 0 amide bonds. The van der Waals surface area contributed by atoms with Gasteiger partial charge in [-0.15, -0.1) is 0 Å². The van der Waals surface area contributed by atoms with Crippen molar-refractivity contribution in [3.8, 4) is 0 Å². The Morgan fingerprint density at radius 3 is 1.44 bits per heavy atom. The second-order valence-electron chi connectivity index (χ2n) is 7.59. The van der Waals surface area contributed by atoms with E-state index in [4.69, 9.17) is 0 Å². The fourth-order valence-corrected chi connectivity index (χ4v) is 3.63. The minimum absolute atomic E-state index is 0.222. The summed E-state index contributed by atoms with van der Waals surface area (Å²) < 4.78 is 0. The van der Waals surface area contributed by atoms with Crippen LogP contribution in [0.2, 0.25) is 0 Å². The molecule has 3 atom stereocenters. The molecule has 0 heterocycles. The maximum Gasteiger partial charge on any atom is 0.246 e. The molecule has 0 radical (unpaired) electrons. The Morgan fingerprint density at radius 1 is 0.647 bits per heavy atom. The lowest BCUT2D eigenvalue weighted by Crippen LogP contribution is -2.74. The van der Waals surface area contributed by atoms with E-state index >= 15 is 0 Å². The summed E-state index contributed by atoms with van der Waals surface area (Å²) in [5.41, 5.74) is -8.21. The first-order valence-corrected chi connectivity index (χ1v) is 10.3. The van der Waals surface area contributed by atoms with Crippen LogP contribution in [0.4, 0.5) is 0 Å².